The smallest absolute Gasteiger partial charge is 0.330 e. The first-order valence-corrected chi connectivity index (χ1v) is 5.51. The summed E-state index contributed by atoms with van der Waals surface area (Å²) in [6.07, 6.45) is 0.455. The molecule has 6 heteroatoms. The lowest BCUT2D eigenvalue weighted by molar-refractivity contribution is -0.140. The van der Waals surface area contributed by atoms with Gasteiger partial charge in [0.1, 0.15) is 6.61 Å². The molecule has 6 nitrogen and oxygen atoms in total. The van der Waals surface area contributed by atoms with Gasteiger partial charge in [-0.05, 0) is 35.0 Å². The van der Waals surface area contributed by atoms with E-state index in [2.05, 4.69) is 17.9 Å². The highest BCUT2D eigenvalue weighted by atomic mass is 16.5. The first-order chi connectivity index (χ1) is 8.54. The maximum absolute atomic E-state index is 10.3. The maximum atomic E-state index is 10.3. The average Bonchev–Trinajstić information content (AvgIpc) is 2.25. The molecule has 0 spiro atoms. The van der Waals surface area contributed by atoms with Crippen LogP contribution in [0, 0.1) is 0 Å². The second-order valence-corrected chi connectivity index (χ2v) is 4.11. The van der Waals surface area contributed by atoms with E-state index in [1.165, 1.54) is 13.8 Å². The van der Waals surface area contributed by atoms with E-state index in [1.807, 2.05) is 26.0 Å². The van der Waals surface area contributed by atoms with Gasteiger partial charge in [-0.25, -0.2) is 9.59 Å². The lowest BCUT2D eigenvalue weighted by atomic mass is 10.4. The molecule has 0 amide bonds. The fraction of sp³-hybridized carbons (Fsp3) is 0.538. The summed E-state index contributed by atoms with van der Waals surface area (Å²) in [5.41, 5.74) is 0.176. The van der Waals surface area contributed by atoms with E-state index in [9.17, 15) is 9.59 Å². The van der Waals surface area contributed by atoms with Gasteiger partial charge in [0.15, 0.2) is 0 Å². The van der Waals surface area contributed by atoms with Crippen LogP contribution in [0.15, 0.2) is 24.8 Å². The van der Waals surface area contributed by atoms with Crippen LogP contribution in [-0.4, -0.2) is 60.9 Å². The SMILES string of the molecule is C=C(C)C(=O)O.C=CC(=O)OCC(C)O.CN(C)C. The minimum absolute atomic E-state index is 0.0326. The zero-order valence-corrected chi connectivity index (χ0v) is 12.3. The van der Waals surface area contributed by atoms with E-state index in [0.29, 0.717) is 0 Å². The van der Waals surface area contributed by atoms with Crippen molar-refractivity contribution in [1.29, 1.82) is 0 Å². The average molecular weight is 275 g/mol. The number of hydrogen-bond acceptors (Lipinski definition) is 5. The number of nitrogens with zero attached hydrogens (tertiary/aromatic N) is 1. The fourth-order valence-corrected chi connectivity index (χ4v) is 0.262. The Morgan fingerprint density at radius 3 is 1.84 bits per heavy atom. The molecule has 0 aromatic heterocycles. The highest BCUT2D eigenvalue weighted by molar-refractivity contribution is 5.84. The van der Waals surface area contributed by atoms with Crippen molar-refractivity contribution in [2.45, 2.75) is 20.0 Å². The number of ether oxygens (including phenoxy) is 1. The van der Waals surface area contributed by atoms with E-state index in [1.54, 1.807) is 0 Å². The van der Waals surface area contributed by atoms with Crippen molar-refractivity contribution in [2.75, 3.05) is 27.7 Å². The molecule has 0 saturated heterocycles. The standard InChI is InChI=1S/C6H10O3.C4H6O2.C3H9N/c1-3-6(8)9-4-5(2)7;1-3(2)4(5)6;1-4(2)3/h3,5,7H,1,4H2,2H3;1H2,2H3,(H,5,6);1-3H3. The van der Waals surface area contributed by atoms with Crippen LogP contribution < -0.4 is 0 Å². The van der Waals surface area contributed by atoms with E-state index in [-0.39, 0.29) is 12.2 Å². The van der Waals surface area contributed by atoms with Crippen molar-refractivity contribution in [3.8, 4) is 0 Å². The van der Waals surface area contributed by atoms with Crippen LogP contribution in [0.4, 0.5) is 0 Å². The number of aliphatic hydroxyl groups excluding tert-OH is 1. The van der Waals surface area contributed by atoms with Gasteiger partial charge in [0.2, 0.25) is 0 Å². The van der Waals surface area contributed by atoms with Crippen LogP contribution in [-0.2, 0) is 14.3 Å². The highest BCUT2D eigenvalue weighted by Gasteiger charge is 1.98. The van der Waals surface area contributed by atoms with Gasteiger partial charge in [0.25, 0.3) is 0 Å². The zero-order chi connectivity index (χ0) is 16.0. The van der Waals surface area contributed by atoms with Gasteiger partial charge in [-0.15, -0.1) is 0 Å². The van der Waals surface area contributed by atoms with Gasteiger partial charge in [-0.3, -0.25) is 0 Å². The molecule has 0 aliphatic carbocycles. The first-order valence-electron chi connectivity index (χ1n) is 5.51. The topological polar surface area (TPSA) is 87.1 Å². The van der Waals surface area contributed by atoms with Crippen molar-refractivity contribution in [2.24, 2.45) is 0 Å². The molecule has 2 N–H and O–H groups in total. The van der Waals surface area contributed by atoms with Gasteiger partial charge in [0.05, 0.1) is 6.10 Å². The Morgan fingerprint density at radius 2 is 1.68 bits per heavy atom. The number of rotatable bonds is 4. The molecule has 0 rings (SSSR count). The van der Waals surface area contributed by atoms with E-state index in [0.717, 1.165) is 6.08 Å². The predicted octanol–water partition coefficient (Wildman–Crippen LogP) is 0.921. The Labute approximate surface area is 115 Å². The zero-order valence-electron chi connectivity index (χ0n) is 12.3. The molecule has 1 atom stereocenters. The van der Waals surface area contributed by atoms with Crippen LogP contribution >= 0.6 is 0 Å². The lowest BCUT2D eigenvalue weighted by Crippen LogP contribution is -2.13. The minimum atomic E-state index is -0.935. The fourth-order valence-electron chi connectivity index (χ4n) is 0.262. The van der Waals surface area contributed by atoms with Crippen LogP contribution in [0.25, 0.3) is 0 Å². The Hall–Kier alpha value is -1.66. The summed E-state index contributed by atoms with van der Waals surface area (Å²) < 4.78 is 4.45. The Balaban J connectivity index is -0.000000222. The van der Waals surface area contributed by atoms with Crippen molar-refractivity contribution >= 4 is 11.9 Å². The van der Waals surface area contributed by atoms with Crippen molar-refractivity contribution < 1.29 is 24.5 Å². The van der Waals surface area contributed by atoms with Crippen molar-refractivity contribution in [3.05, 3.63) is 24.8 Å². The van der Waals surface area contributed by atoms with Gasteiger partial charge in [-0.2, -0.15) is 0 Å². The van der Waals surface area contributed by atoms with E-state index >= 15 is 0 Å². The number of carboxylic acids is 1. The largest absolute Gasteiger partial charge is 0.478 e. The summed E-state index contributed by atoms with van der Waals surface area (Å²) in [6, 6.07) is 0. The van der Waals surface area contributed by atoms with Crippen molar-refractivity contribution in [3.63, 3.8) is 0 Å². The lowest BCUT2D eigenvalue weighted by Gasteiger charge is -2.02. The molecule has 0 aromatic rings. The maximum Gasteiger partial charge on any atom is 0.330 e. The molecule has 0 aliphatic heterocycles. The summed E-state index contributed by atoms with van der Waals surface area (Å²) >= 11 is 0. The molecule has 0 aromatic carbocycles. The highest BCUT2D eigenvalue weighted by Crippen LogP contribution is 1.83. The predicted molar refractivity (Wildman–Crippen MR) is 74.9 cm³/mol. The van der Waals surface area contributed by atoms with Crippen LogP contribution in [0.3, 0.4) is 0 Å². The third-order valence-corrected chi connectivity index (χ3v) is 0.999. The number of carbonyl (C=O) groups excluding carboxylic acids is 1. The summed E-state index contributed by atoms with van der Waals surface area (Å²) in [4.78, 5) is 21.9. The molecule has 0 heterocycles. The van der Waals surface area contributed by atoms with Gasteiger partial charge < -0.3 is 19.8 Å². The third kappa shape index (κ3) is 38.5. The Bertz CT molecular complexity index is 270. The monoisotopic (exact) mass is 275 g/mol. The normalized spacial score (nSPS) is 10.1. The molecule has 0 aliphatic rings. The Kier molecular flexibility index (Phi) is 17.1. The van der Waals surface area contributed by atoms with Crippen molar-refractivity contribution in [1.82, 2.24) is 4.90 Å². The van der Waals surface area contributed by atoms with Gasteiger partial charge in [0, 0.05) is 11.6 Å². The summed E-state index contributed by atoms with van der Waals surface area (Å²) in [5.74, 6) is -1.44. The number of aliphatic carboxylic acids is 1. The third-order valence-electron chi connectivity index (χ3n) is 0.999. The van der Waals surface area contributed by atoms with E-state index in [4.69, 9.17) is 10.2 Å². The molecule has 19 heavy (non-hydrogen) atoms. The number of carboxylic acid groups (broad SMARTS) is 1. The molecule has 0 radical (unpaired) electrons. The quantitative estimate of drug-likeness (QED) is 0.586. The summed E-state index contributed by atoms with van der Waals surface area (Å²) in [7, 11) is 6.00. The summed E-state index contributed by atoms with van der Waals surface area (Å²) in [5, 5.41) is 16.5. The first kappa shape index (κ1) is 22.5. The van der Waals surface area contributed by atoms with Crippen LogP contribution in [0.5, 0.6) is 0 Å². The van der Waals surface area contributed by atoms with Crippen LogP contribution in [0.2, 0.25) is 0 Å². The second-order valence-electron chi connectivity index (χ2n) is 4.11. The number of carbonyl (C=O) groups is 2. The van der Waals surface area contributed by atoms with Crippen LogP contribution in [0.1, 0.15) is 13.8 Å². The number of esters is 1. The second kappa shape index (κ2) is 14.4. The molecular weight excluding hydrogens is 250 g/mol. The van der Waals surface area contributed by atoms with Gasteiger partial charge in [-0.1, -0.05) is 13.2 Å². The molecule has 0 bridgehead atoms. The molecule has 0 saturated carbocycles. The number of aliphatic hydroxyl groups is 1. The molecule has 112 valence electrons. The number of hydrogen-bond donors (Lipinski definition) is 2. The molecular formula is C13H25NO5. The minimum Gasteiger partial charge on any atom is -0.478 e. The summed E-state index contributed by atoms with van der Waals surface area (Å²) in [6.45, 7) is 9.35. The molecule has 1 unspecified atom stereocenters. The Morgan fingerprint density at radius 1 is 1.37 bits per heavy atom. The van der Waals surface area contributed by atoms with Gasteiger partial charge >= 0.3 is 11.9 Å². The molecule has 0 fully saturated rings. The van der Waals surface area contributed by atoms with E-state index < -0.39 is 18.0 Å².